The van der Waals surface area contributed by atoms with Gasteiger partial charge in [-0.15, -0.1) is 0 Å². The van der Waals surface area contributed by atoms with E-state index in [1.54, 1.807) is 0 Å². The highest BCUT2D eigenvalue weighted by atomic mass is 79.9. The van der Waals surface area contributed by atoms with E-state index in [1.165, 1.54) is 0 Å². The molecule has 1 aromatic heterocycles. The van der Waals surface area contributed by atoms with Crippen molar-refractivity contribution in [2.24, 2.45) is 0 Å². The maximum absolute atomic E-state index is 8.73. The molecule has 1 aliphatic heterocycles. The number of rotatable bonds is 2. The van der Waals surface area contributed by atoms with Crippen LogP contribution in [-0.4, -0.2) is 23.2 Å². The van der Waals surface area contributed by atoms with Gasteiger partial charge in [0.15, 0.2) is 11.5 Å². The molecule has 2 heterocycles. The van der Waals surface area contributed by atoms with E-state index >= 15 is 0 Å². The van der Waals surface area contributed by atoms with E-state index in [1.807, 2.05) is 18.2 Å². The Bertz CT molecular complexity index is 660. The van der Waals surface area contributed by atoms with Gasteiger partial charge in [-0.1, -0.05) is 0 Å². The Hall–Kier alpha value is -2.00. The number of nitrogens with zero attached hydrogens (tertiary/aromatic N) is 2. The number of hydrogen-bond acceptors (Lipinski definition) is 4. The molecule has 0 saturated heterocycles. The van der Waals surface area contributed by atoms with Crippen molar-refractivity contribution in [3.8, 4) is 29.0 Å². The standard InChI is InChI=1S/C13H10BrN3O2/c14-12-9(3-4-15)16-13(17-12)8-1-2-10-11(7-8)19-6-5-18-10/h1-2,7H,3,5-6H2,(H,16,17). The van der Waals surface area contributed by atoms with Gasteiger partial charge in [0.25, 0.3) is 0 Å². The van der Waals surface area contributed by atoms with Crippen LogP contribution in [0.2, 0.25) is 0 Å². The second kappa shape index (κ2) is 4.94. The zero-order chi connectivity index (χ0) is 13.2. The highest BCUT2D eigenvalue weighted by Crippen LogP contribution is 2.34. The Morgan fingerprint density at radius 3 is 2.89 bits per heavy atom. The van der Waals surface area contributed by atoms with E-state index in [0.29, 0.717) is 23.6 Å². The molecule has 1 N–H and O–H groups in total. The molecule has 0 saturated carbocycles. The molecule has 5 nitrogen and oxygen atoms in total. The van der Waals surface area contributed by atoms with Crippen LogP contribution in [0.1, 0.15) is 5.69 Å². The minimum atomic E-state index is 0.290. The summed E-state index contributed by atoms with van der Waals surface area (Å²) in [7, 11) is 0. The molecule has 0 spiro atoms. The third-order valence-electron chi connectivity index (χ3n) is 2.80. The molecule has 0 fully saturated rings. The number of fused-ring (bicyclic) bond motifs is 1. The number of H-pyrrole nitrogens is 1. The maximum Gasteiger partial charge on any atom is 0.162 e. The van der Waals surface area contributed by atoms with E-state index < -0.39 is 0 Å². The molecule has 0 bridgehead atoms. The topological polar surface area (TPSA) is 70.9 Å². The minimum absolute atomic E-state index is 0.290. The number of imidazole rings is 1. The van der Waals surface area contributed by atoms with Crippen molar-refractivity contribution in [3.63, 3.8) is 0 Å². The van der Waals surface area contributed by atoms with Crippen molar-refractivity contribution in [2.45, 2.75) is 6.42 Å². The van der Waals surface area contributed by atoms with Crippen molar-refractivity contribution in [1.82, 2.24) is 9.97 Å². The molecule has 0 aliphatic carbocycles. The van der Waals surface area contributed by atoms with Crippen LogP contribution < -0.4 is 9.47 Å². The predicted molar refractivity (Wildman–Crippen MR) is 72.0 cm³/mol. The van der Waals surface area contributed by atoms with Gasteiger partial charge >= 0.3 is 0 Å². The van der Waals surface area contributed by atoms with Crippen molar-refractivity contribution < 1.29 is 9.47 Å². The summed E-state index contributed by atoms with van der Waals surface area (Å²) in [6, 6.07) is 7.76. The number of aromatic nitrogens is 2. The fourth-order valence-corrected chi connectivity index (χ4v) is 2.33. The minimum Gasteiger partial charge on any atom is -0.486 e. The molecular weight excluding hydrogens is 310 g/mol. The third kappa shape index (κ3) is 2.29. The third-order valence-corrected chi connectivity index (χ3v) is 3.46. The first-order valence-electron chi connectivity index (χ1n) is 5.79. The Labute approximate surface area is 118 Å². The number of hydrogen-bond donors (Lipinski definition) is 1. The van der Waals surface area contributed by atoms with Gasteiger partial charge < -0.3 is 14.5 Å². The fraction of sp³-hybridized carbons (Fsp3) is 0.231. The zero-order valence-corrected chi connectivity index (χ0v) is 11.5. The normalized spacial score (nSPS) is 13.1. The molecule has 2 aromatic rings. The second-order valence-corrected chi connectivity index (χ2v) is 4.80. The average molecular weight is 320 g/mol. The first kappa shape index (κ1) is 12.1. The summed E-state index contributed by atoms with van der Waals surface area (Å²) < 4.78 is 11.7. The highest BCUT2D eigenvalue weighted by Gasteiger charge is 2.15. The van der Waals surface area contributed by atoms with Gasteiger partial charge in [-0.3, -0.25) is 0 Å². The molecule has 1 aliphatic rings. The van der Waals surface area contributed by atoms with Gasteiger partial charge in [-0.2, -0.15) is 5.26 Å². The number of ether oxygens (including phenoxy) is 2. The molecular formula is C13H10BrN3O2. The summed E-state index contributed by atoms with van der Waals surface area (Å²) in [6.07, 6.45) is 0.290. The molecule has 96 valence electrons. The molecule has 0 amide bonds. The van der Waals surface area contributed by atoms with Gasteiger partial charge in [0.05, 0.1) is 18.2 Å². The number of benzene rings is 1. The lowest BCUT2D eigenvalue weighted by Gasteiger charge is -2.18. The zero-order valence-electron chi connectivity index (χ0n) is 9.94. The summed E-state index contributed by atoms with van der Waals surface area (Å²) in [4.78, 5) is 7.49. The van der Waals surface area contributed by atoms with Crippen molar-refractivity contribution in [3.05, 3.63) is 28.5 Å². The SMILES string of the molecule is N#CCc1[nH]c(-c2ccc3c(c2)OCCO3)nc1Br. The van der Waals surface area contributed by atoms with Crippen LogP contribution in [0.25, 0.3) is 11.4 Å². The Balaban J connectivity index is 1.98. The van der Waals surface area contributed by atoms with Crippen LogP contribution >= 0.6 is 15.9 Å². The summed E-state index contributed by atoms with van der Waals surface area (Å²) in [5.41, 5.74) is 1.67. The van der Waals surface area contributed by atoms with Crippen LogP contribution in [0.15, 0.2) is 22.8 Å². The second-order valence-electron chi connectivity index (χ2n) is 4.05. The lowest BCUT2D eigenvalue weighted by molar-refractivity contribution is 0.171. The largest absolute Gasteiger partial charge is 0.486 e. The summed E-state index contributed by atoms with van der Waals surface area (Å²) in [5, 5.41) is 8.73. The van der Waals surface area contributed by atoms with Crippen LogP contribution in [0.4, 0.5) is 0 Å². The molecule has 3 rings (SSSR count). The molecule has 0 unspecified atom stereocenters. The van der Waals surface area contributed by atoms with E-state index in [9.17, 15) is 0 Å². The van der Waals surface area contributed by atoms with E-state index in [-0.39, 0.29) is 6.42 Å². The Morgan fingerprint density at radius 2 is 2.11 bits per heavy atom. The van der Waals surface area contributed by atoms with Crippen molar-refractivity contribution in [2.75, 3.05) is 13.2 Å². The highest BCUT2D eigenvalue weighted by molar-refractivity contribution is 9.10. The molecule has 0 radical (unpaired) electrons. The monoisotopic (exact) mass is 319 g/mol. The predicted octanol–water partition coefficient (Wildman–Crippen LogP) is 2.68. The van der Waals surface area contributed by atoms with Crippen LogP contribution in [0.5, 0.6) is 11.5 Å². The molecule has 19 heavy (non-hydrogen) atoms. The van der Waals surface area contributed by atoms with E-state index in [0.717, 1.165) is 22.8 Å². The Morgan fingerprint density at radius 1 is 1.32 bits per heavy atom. The van der Waals surface area contributed by atoms with Crippen LogP contribution in [-0.2, 0) is 6.42 Å². The van der Waals surface area contributed by atoms with Gasteiger partial charge in [0.1, 0.15) is 23.6 Å². The quantitative estimate of drug-likeness (QED) is 0.923. The first-order valence-corrected chi connectivity index (χ1v) is 6.58. The smallest absolute Gasteiger partial charge is 0.162 e. The number of aromatic amines is 1. The van der Waals surface area contributed by atoms with Gasteiger partial charge in [0, 0.05) is 5.56 Å². The maximum atomic E-state index is 8.73. The molecule has 6 heteroatoms. The van der Waals surface area contributed by atoms with Crippen LogP contribution in [0.3, 0.4) is 0 Å². The van der Waals surface area contributed by atoms with Crippen molar-refractivity contribution in [1.29, 1.82) is 5.26 Å². The van der Waals surface area contributed by atoms with Gasteiger partial charge in [-0.05, 0) is 34.1 Å². The van der Waals surface area contributed by atoms with Crippen LogP contribution in [0, 0.1) is 11.3 Å². The average Bonchev–Trinajstić information content (AvgIpc) is 2.80. The lowest BCUT2D eigenvalue weighted by Crippen LogP contribution is -2.15. The number of nitrogens with one attached hydrogen (secondary N) is 1. The van der Waals surface area contributed by atoms with Gasteiger partial charge in [0.2, 0.25) is 0 Å². The number of halogens is 1. The van der Waals surface area contributed by atoms with E-state index in [4.69, 9.17) is 14.7 Å². The lowest BCUT2D eigenvalue weighted by atomic mass is 10.2. The van der Waals surface area contributed by atoms with E-state index in [2.05, 4.69) is 32.0 Å². The number of nitriles is 1. The summed E-state index contributed by atoms with van der Waals surface area (Å²) in [5.74, 6) is 2.17. The molecule has 1 aromatic carbocycles. The summed E-state index contributed by atoms with van der Waals surface area (Å²) >= 11 is 3.34. The fourth-order valence-electron chi connectivity index (χ4n) is 1.91. The van der Waals surface area contributed by atoms with Crippen molar-refractivity contribution >= 4 is 15.9 Å². The first-order chi connectivity index (χ1) is 9.28. The summed E-state index contributed by atoms with van der Waals surface area (Å²) in [6.45, 7) is 1.13. The van der Waals surface area contributed by atoms with Gasteiger partial charge in [-0.25, -0.2) is 4.98 Å². The molecule has 0 atom stereocenters. The Kier molecular flexibility index (Phi) is 3.13.